The fourth-order valence-corrected chi connectivity index (χ4v) is 2.19. The van der Waals surface area contributed by atoms with Crippen molar-refractivity contribution >= 4 is 23.2 Å². The van der Waals surface area contributed by atoms with E-state index in [0.29, 0.717) is 18.8 Å². The third-order valence-corrected chi connectivity index (χ3v) is 3.42. The van der Waals surface area contributed by atoms with Crippen LogP contribution in [0.5, 0.6) is 5.75 Å². The Morgan fingerprint density at radius 1 is 1.44 bits per heavy atom. The lowest BCUT2D eigenvalue weighted by atomic mass is 10.3. The zero-order valence-electron chi connectivity index (χ0n) is 10.7. The highest BCUT2D eigenvalue weighted by Gasteiger charge is 2.20. The highest BCUT2D eigenvalue weighted by atomic mass is 32.1. The van der Waals surface area contributed by atoms with Crippen molar-refractivity contribution in [1.29, 1.82) is 0 Å². The molecule has 18 heavy (non-hydrogen) atoms. The zero-order valence-corrected chi connectivity index (χ0v) is 11.5. The Morgan fingerprint density at radius 3 is 2.50 bits per heavy atom. The van der Waals surface area contributed by atoms with Gasteiger partial charge in [-0.25, -0.2) is 4.79 Å². The van der Waals surface area contributed by atoms with Crippen molar-refractivity contribution in [1.82, 2.24) is 4.90 Å². The average molecular weight is 271 g/mol. The summed E-state index contributed by atoms with van der Waals surface area (Å²) in [5.41, 5.74) is 0. The normalized spacial score (nSPS) is 11.9. The number of nitrogens with zero attached hydrogens (tertiary/aromatic N) is 1. The molecule has 0 aromatic carbocycles. The molecule has 1 amide bonds. The Morgan fingerprint density at radius 2 is 2.06 bits per heavy atom. The number of carbonyl (C=O) groups is 2. The number of carbonyl (C=O) groups excluding carboxylic acids is 1. The number of likely N-dealkylation sites (N-methyl/N-ethyl adjacent to an activating group) is 1. The molecule has 0 aliphatic carbocycles. The number of carboxylic acids is 1. The van der Waals surface area contributed by atoms with Crippen molar-refractivity contribution in [3.8, 4) is 5.75 Å². The van der Waals surface area contributed by atoms with E-state index in [1.165, 1.54) is 6.07 Å². The van der Waals surface area contributed by atoms with Crippen LogP contribution in [0.1, 0.15) is 30.4 Å². The fourth-order valence-electron chi connectivity index (χ4n) is 1.54. The van der Waals surface area contributed by atoms with Crippen molar-refractivity contribution in [2.24, 2.45) is 0 Å². The van der Waals surface area contributed by atoms with E-state index in [2.05, 4.69) is 0 Å². The van der Waals surface area contributed by atoms with Gasteiger partial charge in [-0.1, -0.05) is 0 Å². The first kappa shape index (κ1) is 14.5. The molecule has 0 bridgehead atoms. The van der Waals surface area contributed by atoms with Crippen LogP contribution in [0.3, 0.4) is 0 Å². The average Bonchev–Trinajstić information content (AvgIpc) is 2.79. The van der Waals surface area contributed by atoms with Gasteiger partial charge in [-0.3, -0.25) is 4.79 Å². The summed E-state index contributed by atoms with van der Waals surface area (Å²) in [4.78, 5) is 24.5. The zero-order chi connectivity index (χ0) is 13.7. The molecule has 1 rings (SSSR count). The van der Waals surface area contributed by atoms with E-state index in [1.807, 2.05) is 13.8 Å². The molecular weight excluding hydrogens is 254 g/mol. The van der Waals surface area contributed by atoms with E-state index in [-0.39, 0.29) is 10.8 Å². The quantitative estimate of drug-likeness (QED) is 0.860. The number of amides is 1. The SMILES string of the molecule is CCN(CC)C(=O)C(C)Oc1csc(C(=O)O)c1. The van der Waals surface area contributed by atoms with Gasteiger partial charge in [-0.05, 0) is 20.8 Å². The summed E-state index contributed by atoms with van der Waals surface area (Å²) in [7, 11) is 0. The van der Waals surface area contributed by atoms with Gasteiger partial charge < -0.3 is 14.7 Å². The van der Waals surface area contributed by atoms with Gasteiger partial charge in [-0.2, -0.15) is 0 Å². The molecule has 1 atom stereocenters. The molecule has 0 fully saturated rings. The second-order valence-corrected chi connectivity index (χ2v) is 4.63. The van der Waals surface area contributed by atoms with E-state index >= 15 is 0 Å². The summed E-state index contributed by atoms with van der Waals surface area (Å²) >= 11 is 1.08. The van der Waals surface area contributed by atoms with E-state index < -0.39 is 12.1 Å². The Labute approximate surface area is 110 Å². The monoisotopic (exact) mass is 271 g/mol. The number of aromatic carboxylic acids is 1. The van der Waals surface area contributed by atoms with Crippen LogP contribution < -0.4 is 4.74 Å². The van der Waals surface area contributed by atoms with Gasteiger partial charge in [0.1, 0.15) is 10.6 Å². The molecule has 0 spiro atoms. The predicted molar refractivity (Wildman–Crippen MR) is 69.3 cm³/mol. The smallest absolute Gasteiger partial charge is 0.346 e. The molecule has 100 valence electrons. The number of thiophene rings is 1. The predicted octanol–water partition coefficient (Wildman–Crippen LogP) is 2.08. The third kappa shape index (κ3) is 3.46. The van der Waals surface area contributed by atoms with Gasteiger partial charge >= 0.3 is 5.97 Å². The van der Waals surface area contributed by atoms with Crippen LogP contribution in [0.4, 0.5) is 0 Å². The number of hydrogen-bond donors (Lipinski definition) is 1. The standard InChI is InChI=1S/C12H17NO4S/c1-4-13(5-2)11(14)8(3)17-9-6-10(12(15)16)18-7-9/h6-8H,4-5H2,1-3H3,(H,15,16). The lowest BCUT2D eigenvalue weighted by Gasteiger charge is -2.22. The fraction of sp³-hybridized carbons (Fsp3) is 0.500. The molecule has 5 nitrogen and oxygen atoms in total. The summed E-state index contributed by atoms with van der Waals surface area (Å²) in [6.07, 6.45) is -0.610. The molecule has 1 N–H and O–H groups in total. The Kier molecular flexibility index (Phi) is 5.15. The lowest BCUT2D eigenvalue weighted by Crippen LogP contribution is -2.40. The van der Waals surface area contributed by atoms with Crippen LogP contribution in [0.2, 0.25) is 0 Å². The topological polar surface area (TPSA) is 66.8 Å². The minimum absolute atomic E-state index is 0.0944. The van der Waals surface area contributed by atoms with Gasteiger partial charge in [0.2, 0.25) is 0 Å². The maximum atomic E-state index is 11.9. The van der Waals surface area contributed by atoms with Gasteiger partial charge in [-0.15, -0.1) is 11.3 Å². The van der Waals surface area contributed by atoms with Gasteiger partial charge in [0.25, 0.3) is 5.91 Å². The van der Waals surface area contributed by atoms with Crippen molar-refractivity contribution in [3.05, 3.63) is 16.3 Å². The summed E-state index contributed by atoms with van der Waals surface area (Å²) < 4.78 is 5.45. The minimum Gasteiger partial charge on any atom is -0.480 e. The Bertz CT molecular complexity index is 425. The molecule has 0 aliphatic rings. The van der Waals surface area contributed by atoms with Crippen LogP contribution in [0.25, 0.3) is 0 Å². The largest absolute Gasteiger partial charge is 0.480 e. The summed E-state index contributed by atoms with van der Waals surface area (Å²) in [5, 5.41) is 10.4. The van der Waals surface area contributed by atoms with Crippen LogP contribution in [0.15, 0.2) is 11.4 Å². The van der Waals surface area contributed by atoms with E-state index in [1.54, 1.807) is 17.2 Å². The van der Waals surface area contributed by atoms with Gasteiger partial charge in [0.05, 0.1) is 0 Å². The first-order valence-corrected chi connectivity index (χ1v) is 6.64. The van der Waals surface area contributed by atoms with Crippen LogP contribution >= 0.6 is 11.3 Å². The van der Waals surface area contributed by atoms with Gasteiger partial charge in [0, 0.05) is 24.5 Å². The van der Waals surface area contributed by atoms with Crippen molar-refractivity contribution in [2.45, 2.75) is 26.9 Å². The number of hydrogen-bond acceptors (Lipinski definition) is 4. The molecular formula is C12H17NO4S. The Balaban J connectivity index is 2.65. The molecule has 0 aliphatic heterocycles. The van der Waals surface area contributed by atoms with Crippen LogP contribution in [-0.4, -0.2) is 41.1 Å². The maximum absolute atomic E-state index is 11.9. The summed E-state index contributed by atoms with van der Waals surface area (Å²) in [6, 6.07) is 1.43. The number of rotatable bonds is 6. The molecule has 6 heteroatoms. The van der Waals surface area contributed by atoms with Gasteiger partial charge in [0.15, 0.2) is 6.10 Å². The van der Waals surface area contributed by atoms with Crippen molar-refractivity contribution < 1.29 is 19.4 Å². The molecule has 1 aromatic heterocycles. The first-order valence-electron chi connectivity index (χ1n) is 5.76. The van der Waals surface area contributed by atoms with Crippen molar-refractivity contribution in [3.63, 3.8) is 0 Å². The molecule has 0 radical (unpaired) electrons. The minimum atomic E-state index is -0.988. The summed E-state index contributed by atoms with van der Waals surface area (Å²) in [6.45, 7) is 6.74. The number of ether oxygens (including phenoxy) is 1. The second kappa shape index (κ2) is 6.39. The third-order valence-electron chi connectivity index (χ3n) is 2.52. The highest BCUT2D eigenvalue weighted by molar-refractivity contribution is 7.12. The molecule has 0 saturated heterocycles. The van der Waals surface area contributed by atoms with E-state index in [9.17, 15) is 9.59 Å². The maximum Gasteiger partial charge on any atom is 0.346 e. The molecule has 0 saturated carbocycles. The van der Waals surface area contributed by atoms with Crippen LogP contribution in [0, 0.1) is 0 Å². The molecule has 1 unspecified atom stereocenters. The molecule has 1 heterocycles. The Hall–Kier alpha value is -1.56. The first-order chi connectivity index (χ1) is 8.49. The second-order valence-electron chi connectivity index (χ2n) is 3.72. The van der Waals surface area contributed by atoms with E-state index in [4.69, 9.17) is 9.84 Å². The van der Waals surface area contributed by atoms with E-state index in [0.717, 1.165) is 11.3 Å². The van der Waals surface area contributed by atoms with Crippen LogP contribution in [-0.2, 0) is 4.79 Å². The molecule has 1 aromatic rings. The number of carboxylic acid groups (broad SMARTS) is 1. The summed E-state index contributed by atoms with van der Waals surface area (Å²) in [5.74, 6) is -0.661. The van der Waals surface area contributed by atoms with Crippen molar-refractivity contribution in [2.75, 3.05) is 13.1 Å². The lowest BCUT2D eigenvalue weighted by molar-refractivity contribution is -0.137. The highest BCUT2D eigenvalue weighted by Crippen LogP contribution is 2.22.